The number of carbonyl (C=O) groups excluding carboxylic acids is 2. The van der Waals surface area contributed by atoms with Crippen LogP contribution in [0, 0.1) is 0 Å². The van der Waals surface area contributed by atoms with E-state index in [9.17, 15) is 9.59 Å². The van der Waals surface area contributed by atoms with Crippen LogP contribution in [0.1, 0.15) is 31.3 Å². The van der Waals surface area contributed by atoms with Gasteiger partial charge >= 0.3 is 0 Å². The average Bonchev–Trinajstić information content (AvgIpc) is 3.42. The number of anilines is 1. The van der Waals surface area contributed by atoms with E-state index in [1.807, 2.05) is 47.4 Å². The molecule has 0 saturated heterocycles. The molecule has 4 aromatic rings. The quantitative estimate of drug-likeness (QED) is 0.552. The van der Waals surface area contributed by atoms with E-state index in [-0.39, 0.29) is 11.8 Å². The Kier molecular flexibility index (Phi) is 4.37. The molecule has 0 saturated carbocycles. The third kappa shape index (κ3) is 3.40. The third-order valence-electron chi connectivity index (χ3n) is 5.02. The summed E-state index contributed by atoms with van der Waals surface area (Å²) < 4.78 is 4.94. The molecule has 0 bridgehead atoms. The molecule has 0 aliphatic carbocycles. The van der Waals surface area contributed by atoms with Crippen molar-refractivity contribution in [1.82, 2.24) is 9.88 Å². The van der Waals surface area contributed by atoms with Crippen LogP contribution in [-0.4, -0.2) is 28.2 Å². The molecule has 1 aliphatic rings. The first-order valence-corrected chi connectivity index (χ1v) is 10.1. The van der Waals surface area contributed by atoms with Gasteiger partial charge in [-0.05, 0) is 29.0 Å². The molecule has 6 nitrogen and oxygen atoms in total. The number of nitrogens with one attached hydrogen (secondary N) is 1. The first-order chi connectivity index (χ1) is 14.2. The molecular weight excluding hydrogens is 386 g/mol. The van der Waals surface area contributed by atoms with Gasteiger partial charge in [0, 0.05) is 23.4 Å². The SMILES string of the molecule is O=C(Nc1nc2c(s1)CN(C(=O)c1ccc3ccccc3c1)CC2)c1ccoc1. The summed E-state index contributed by atoms with van der Waals surface area (Å²) in [5.41, 5.74) is 2.08. The number of fused-ring (bicyclic) bond motifs is 2. The van der Waals surface area contributed by atoms with Crippen LogP contribution >= 0.6 is 11.3 Å². The highest BCUT2D eigenvalue weighted by Gasteiger charge is 2.25. The zero-order valence-corrected chi connectivity index (χ0v) is 16.2. The van der Waals surface area contributed by atoms with Crippen molar-refractivity contribution in [3.05, 3.63) is 82.8 Å². The van der Waals surface area contributed by atoms with E-state index in [1.54, 1.807) is 6.07 Å². The van der Waals surface area contributed by atoms with Gasteiger partial charge in [0.25, 0.3) is 11.8 Å². The fourth-order valence-electron chi connectivity index (χ4n) is 3.49. The lowest BCUT2D eigenvalue weighted by Gasteiger charge is -2.26. The van der Waals surface area contributed by atoms with Crippen molar-refractivity contribution >= 4 is 39.1 Å². The number of nitrogens with zero attached hydrogens (tertiary/aromatic N) is 2. The normalized spacial score (nSPS) is 13.3. The molecule has 3 heterocycles. The number of rotatable bonds is 3. The third-order valence-corrected chi connectivity index (χ3v) is 6.02. The van der Waals surface area contributed by atoms with Crippen LogP contribution < -0.4 is 5.32 Å². The Morgan fingerprint density at radius 3 is 2.76 bits per heavy atom. The largest absolute Gasteiger partial charge is 0.472 e. The molecule has 0 fully saturated rings. The number of furan rings is 1. The van der Waals surface area contributed by atoms with Crippen LogP contribution in [0.3, 0.4) is 0 Å². The van der Waals surface area contributed by atoms with Crippen molar-refractivity contribution in [2.24, 2.45) is 0 Å². The van der Waals surface area contributed by atoms with Crippen molar-refractivity contribution in [3.63, 3.8) is 0 Å². The summed E-state index contributed by atoms with van der Waals surface area (Å²) in [5, 5.41) is 5.52. The lowest BCUT2D eigenvalue weighted by molar-refractivity contribution is 0.0736. The summed E-state index contributed by atoms with van der Waals surface area (Å²) in [4.78, 5) is 32.6. The molecule has 7 heteroatoms. The van der Waals surface area contributed by atoms with Crippen molar-refractivity contribution in [1.29, 1.82) is 0 Å². The van der Waals surface area contributed by atoms with E-state index < -0.39 is 0 Å². The van der Waals surface area contributed by atoms with E-state index >= 15 is 0 Å². The fourth-order valence-corrected chi connectivity index (χ4v) is 4.51. The highest BCUT2D eigenvalue weighted by molar-refractivity contribution is 7.15. The van der Waals surface area contributed by atoms with Crippen LogP contribution in [0.2, 0.25) is 0 Å². The minimum atomic E-state index is -0.256. The predicted molar refractivity (Wildman–Crippen MR) is 111 cm³/mol. The minimum Gasteiger partial charge on any atom is -0.472 e. The van der Waals surface area contributed by atoms with Gasteiger partial charge in [0.2, 0.25) is 0 Å². The summed E-state index contributed by atoms with van der Waals surface area (Å²) in [6.07, 6.45) is 3.53. The van der Waals surface area contributed by atoms with E-state index in [4.69, 9.17) is 4.42 Å². The number of aromatic nitrogens is 1. The maximum atomic E-state index is 13.0. The second-order valence-electron chi connectivity index (χ2n) is 6.89. The topological polar surface area (TPSA) is 75.4 Å². The number of benzene rings is 2. The Morgan fingerprint density at radius 2 is 1.93 bits per heavy atom. The van der Waals surface area contributed by atoms with Gasteiger partial charge in [-0.1, -0.05) is 41.7 Å². The van der Waals surface area contributed by atoms with Crippen molar-refractivity contribution in [3.8, 4) is 0 Å². The summed E-state index contributed by atoms with van der Waals surface area (Å²) in [6, 6.07) is 15.4. The molecule has 0 unspecified atom stereocenters. The summed E-state index contributed by atoms with van der Waals surface area (Å²) in [5.74, 6) is -0.243. The van der Waals surface area contributed by atoms with Gasteiger partial charge in [0.15, 0.2) is 5.13 Å². The Bertz CT molecular complexity index is 1210. The molecule has 144 valence electrons. The van der Waals surface area contributed by atoms with E-state index in [2.05, 4.69) is 10.3 Å². The summed E-state index contributed by atoms with van der Waals surface area (Å²) in [7, 11) is 0. The standard InChI is InChI=1S/C22H17N3O3S/c26-20(17-8-10-28-13-17)24-22-23-18-7-9-25(12-19(18)29-22)21(27)16-6-5-14-3-1-2-4-15(14)11-16/h1-6,8,10-11,13H,7,9,12H2,(H,23,24,26). The van der Waals surface area contributed by atoms with Gasteiger partial charge in [-0.2, -0.15) is 0 Å². The minimum absolute atomic E-state index is 0.0128. The zero-order chi connectivity index (χ0) is 19.8. The number of hydrogen-bond acceptors (Lipinski definition) is 5. The average molecular weight is 403 g/mol. The van der Waals surface area contributed by atoms with E-state index in [0.717, 1.165) is 21.3 Å². The van der Waals surface area contributed by atoms with Gasteiger partial charge in [-0.3, -0.25) is 14.9 Å². The molecule has 2 aromatic heterocycles. The Hall–Kier alpha value is -3.45. The molecule has 2 amide bonds. The Labute approximate surface area is 170 Å². The lowest BCUT2D eigenvalue weighted by Crippen LogP contribution is -2.35. The molecule has 1 N–H and O–H groups in total. The Balaban J connectivity index is 1.33. The van der Waals surface area contributed by atoms with E-state index in [1.165, 1.54) is 23.9 Å². The smallest absolute Gasteiger partial charge is 0.260 e. The maximum Gasteiger partial charge on any atom is 0.260 e. The zero-order valence-electron chi connectivity index (χ0n) is 15.4. The second kappa shape index (κ2) is 7.18. The first kappa shape index (κ1) is 17.6. The van der Waals surface area contributed by atoms with Crippen LogP contribution in [-0.2, 0) is 13.0 Å². The van der Waals surface area contributed by atoms with Gasteiger partial charge in [-0.15, -0.1) is 0 Å². The van der Waals surface area contributed by atoms with Gasteiger partial charge in [0.1, 0.15) is 6.26 Å². The van der Waals surface area contributed by atoms with Crippen molar-refractivity contribution in [2.75, 3.05) is 11.9 Å². The highest BCUT2D eigenvalue weighted by atomic mass is 32.1. The number of amides is 2. The number of thiazole rings is 1. The van der Waals surface area contributed by atoms with Crippen LogP contribution in [0.15, 0.2) is 65.5 Å². The molecule has 0 radical (unpaired) electrons. The molecule has 0 spiro atoms. The molecule has 5 rings (SSSR count). The van der Waals surface area contributed by atoms with Crippen molar-refractivity contribution in [2.45, 2.75) is 13.0 Å². The maximum absolute atomic E-state index is 13.0. The van der Waals surface area contributed by atoms with Crippen LogP contribution in [0.4, 0.5) is 5.13 Å². The molecule has 29 heavy (non-hydrogen) atoms. The predicted octanol–water partition coefficient (Wildman–Crippen LogP) is 4.34. The van der Waals surface area contributed by atoms with Gasteiger partial charge in [-0.25, -0.2) is 4.98 Å². The molecule has 0 atom stereocenters. The first-order valence-electron chi connectivity index (χ1n) is 9.27. The van der Waals surface area contributed by atoms with Gasteiger partial charge < -0.3 is 9.32 Å². The number of hydrogen-bond donors (Lipinski definition) is 1. The second-order valence-corrected chi connectivity index (χ2v) is 7.98. The molecule has 1 aliphatic heterocycles. The lowest BCUT2D eigenvalue weighted by atomic mass is 10.1. The monoisotopic (exact) mass is 403 g/mol. The fraction of sp³-hybridized carbons (Fsp3) is 0.136. The highest BCUT2D eigenvalue weighted by Crippen LogP contribution is 2.29. The van der Waals surface area contributed by atoms with Crippen molar-refractivity contribution < 1.29 is 14.0 Å². The Morgan fingerprint density at radius 1 is 1.07 bits per heavy atom. The van der Waals surface area contributed by atoms with Gasteiger partial charge in [0.05, 0.1) is 24.1 Å². The summed E-state index contributed by atoms with van der Waals surface area (Å²) in [6.45, 7) is 1.11. The number of carbonyl (C=O) groups is 2. The summed E-state index contributed by atoms with van der Waals surface area (Å²) >= 11 is 1.41. The van der Waals surface area contributed by atoms with Crippen LogP contribution in [0.25, 0.3) is 10.8 Å². The van der Waals surface area contributed by atoms with E-state index in [0.29, 0.717) is 35.8 Å². The molecular formula is C22H17N3O3S. The molecule has 2 aromatic carbocycles. The van der Waals surface area contributed by atoms with Crippen LogP contribution in [0.5, 0.6) is 0 Å².